The topological polar surface area (TPSA) is 95.7 Å². The Morgan fingerprint density at radius 2 is 1.95 bits per heavy atom. The molecule has 124 valence electrons. The summed E-state index contributed by atoms with van der Waals surface area (Å²) in [6.45, 7) is 7.06. The summed E-state index contributed by atoms with van der Waals surface area (Å²) < 4.78 is 33.3. The molecule has 1 fully saturated rings. The Hall–Kier alpha value is -1.41. The summed E-state index contributed by atoms with van der Waals surface area (Å²) in [5, 5.41) is 11.5. The van der Waals surface area contributed by atoms with Gasteiger partial charge < -0.3 is 4.74 Å². The van der Waals surface area contributed by atoms with Crippen molar-refractivity contribution in [1.82, 2.24) is 0 Å². The van der Waals surface area contributed by atoms with Gasteiger partial charge in [-0.1, -0.05) is 0 Å². The summed E-state index contributed by atoms with van der Waals surface area (Å²) in [5.74, 6) is -0.152. The van der Waals surface area contributed by atoms with Crippen LogP contribution in [0.25, 0.3) is 0 Å². The highest BCUT2D eigenvalue weighted by Gasteiger charge is 2.50. The molecule has 0 amide bonds. The number of rotatable bonds is 4. The lowest BCUT2D eigenvalue weighted by molar-refractivity contribution is -0.437. The van der Waals surface area contributed by atoms with Crippen LogP contribution in [-0.2, 0) is 19.0 Å². The van der Waals surface area contributed by atoms with Gasteiger partial charge in [-0.05, 0) is 39.7 Å². The second-order valence-electron chi connectivity index (χ2n) is 6.52. The number of allylic oxidation sites excluding steroid dienone is 3. The van der Waals surface area contributed by atoms with Crippen LogP contribution in [0.1, 0.15) is 34.1 Å². The monoisotopic (exact) mass is 331 g/mol. The van der Waals surface area contributed by atoms with Crippen molar-refractivity contribution in [3.8, 4) is 0 Å². The van der Waals surface area contributed by atoms with Crippen LogP contribution in [0.5, 0.6) is 0 Å². The van der Waals surface area contributed by atoms with Gasteiger partial charge in [-0.15, -0.1) is 0 Å². The zero-order chi connectivity index (χ0) is 16.9. The minimum Gasteiger partial charge on any atom is -0.492 e. The number of hydrogen-bond acceptors (Lipinski definition) is 6. The van der Waals surface area contributed by atoms with Gasteiger partial charge in [0.05, 0.1) is 23.7 Å². The van der Waals surface area contributed by atoms with Crippen LogP contribution >= 0.6 is 0 Å². The van der Waals surface area contributed by atoms with Gasteiger partial charge in [-0.2, -0.15) is 8.42 Å². The van der Waals surface area contributed by atoms with Crippen molar-refractivity contribution in [2.75, 3.05) is 12.9 Å². The van der Waals surface area contributed by atoms with Crippen LogP contribution in [0.2, 0.25) is 0 Å². The average Bonchev–Trinajstić information content (AvgIpc) is 2.66. The van der Waals surface area contributed by atoms with Crippen LogP contribution < -0.4 is 0 Å². The summed E-state index contributed by atoms with van der Waals surface area (Å²) in [6.07, 6.45) is 1.53. The van der Waals surface area contributed by atoms with Gasteiger partial charge in [0.15, 0.2) is 0 Å². The number of ether oxygens (including phenoxy) is 1. The lowest BCUT2D eigenvalue weighted by Crippen LogP contribution is -2.31. The predicted molar refractivity (Wildman–Crippen MR) is 80.0 cm³/mol. The fraction of sp³-hybridized carbons (Fsp3) is 0.714. The quantitative estimate of drug-likeness (QED) is 0.445. The largest absolute Gasteiger partial charge is 0.492 e. The third-order valence-electron chi connectivity index (χ3n) is 4.25. The summed E-state index contributed by atoms with van der Waals surface area (Å²) in [5.41, 5.74) is 0.877. The lowest BCUT2D eigenvalue weighted by Gasteiger charge is -2.27. The Morgan fingerprint density at radius 1 is 1.36 bits per heavy atom. The first-order chi connectivity index (χ1) is 9.93. The van der Waals surface area contributed by atoms with Crippen LogP contribution in [0.15, 0.2) is 22.6 Å². The van der Waals surface area contributed by atoms with E-state index in [1.54, 1.807) is 13.8 Å². The van der Waals surface area contributed by atoms with Crippen molar-refractivity contribution < 1.29 is 22.3 Å². The summed E-state index contributed by atoms with van der Waals surface area (Å²) in [6, 6.07) is 0. The Kier molecular flexibility index (Phi) is 4.12. The molecule has 1 aliphatic carbocycles. The SMILES string of the molecule is CC1=C2OC(C)(C)CC2C(COS(C)(=O)=O)C([N+](=O)[O-])=C1C. The van der Waals surface area contributed by atoms with E-state index in [0.717, 1.165) is 17.6 Å². The Labute approximate surface area is 130 Å². The maximum atomic E-state index is 11.5. The molecule has 0 aromatic rings. The van der Waals surface area contributed by atoms with Crippen molar-refractivity contribution >= 4 is 10.1 Å². The van der Waals surface area contributed by atoms with Gasteiger partial charge in [0.25, 0.3) is 15.8 Å². The van der Waals surface area contributed by atoms with Crippen LogP contribution in [0.4, 0.5) is 0 Å². The fourth-order valence-electron chi connectivity index (χ4n) is 3.23. The molecule has 2 unspecified atom stereocenters. The van der Waals surface area contributed by atoms with E-state index in [1.165, 1.54) is 0 Å². The highest BCUT2D eigenvalue weighted by atomic mass is 32.2. The minimum atomic E-state index is -3.66. The summed E-state index contributed by atoms with van der Waals surface area (Å²) >= 11 is 0. The molecular formula is C14H21NO6S. The molecular weight excluding hydrogens is 310 g/mol. The zero-order valence-electron chi connectivity index (χ0n) is 13.4. The van der Waals surface area contributed by atoms with Crippen LogP contribution in [-0.4, -0.2) is 31.8 Å². The lowest BCUT2D eigenvalue weighted by atomic mass is 9.77. The molecule has 0 saturated carbocycles. The molecule has 2 aliphatic rings. The van der Waals surface area contributed by atoms with E-state index in [0.29, 0.717) is 12.0 Å². The maximum absolute atomic E-state index is 11.5. The first-order valence-electron chi connectivity index (χ1n) is 7.02. The van der Waals surface area contributed by atoms with Crippen molar-refractivity contribution in [2.24, 2.45) is 11.8 Å². The summed E-state index contributed by atoms with van der Waals surface area (Å²) in [7, 11) is -3.66. The number of nitro groups is 1. The third kappa shape index (κ3) is 3.17. The van der Waals surface area contributed by atoms with E-state index >= 15 is 0 Å². The summed E-state index contributed by atoms with van der Waals surface area (Å²) in [4.78, 5) is 11.0. The highest BCUT2D eigenvalue weighted by molar-refractivity contribution is 7.85. The number of nitrogens with zero attached hydrogens (tertiary/aromatic N) is 1. The van der Waals surface area contributed by atoms with Gasteiger partial charge in [0, 0.05) is 11.5 Å². The standard InChI is InChI=1S/C14H21NO6S/c1-8-9(2)13-10(6-14(3,4)21-13)11(12(8)15(16)17)7-20-22(5,18)19/h10-11H,6-7H2,1-5H3. The second-order valence-corrected chi connectivity index (χ2v) is 8.17. The molecule has 0 aromatic heterocycles. The Morgan fingerprint density at radius 3 is 2.45 bits per heavy atom. The van der Waals surface area contributed by atoms with Gasteiger partial charge in [0.2, 0.25) is 0 Å². The first-order valence-corrected chi connectivity index (χ1v) is 8.84. The van der Waals surface area contributed by atoms with Crippen molar-refractivity contribution in [1.29, 1.82) is 0 Å². The minimum absolute atomic E-state index is 0.0243. The van der Waals surface area contributed by atoms with Gasteiger partial charge in [0.1, 0.15) is 11.4 Å². The molecule has 0 N–H and O–H groups in total. The third-order valence-corrected chi connectivity index (χ3v) is 4.81. The molecule has 2 rings (SSSR count). The zero-order valence-corrected chi connectivity index (χ0v) is 14.2. The smallest absolute Gasteiger partial charge is 0.264 e. The highest BCUT2D eigenvalue weighted by Crippen LogP contribution is 2.49. The van der Waals surface area contributed by atoms with E-state index in [9.17, 15) is 18.5 Å². The normalized spacial score (nSPS) is 27.7. The molecule has 0 bridgehead atoms. The number of hydrogen-bond donors (Lipinski definition) is 0. The molecule has 7 nitrogen and oxygen atoms in total. The molecule has 0 spiro atoms. The maximum Gasteiger partial charge on any atom is 0.264 e. The van der Waals surface area contributed by atoms with Crippen molar-refractivity contribution in [3.05, 3.63) is 32.7 Å². The van der Waals surface area contributed by atoms with E-state index in [2.05, 4.69) is 0 Å². The molecule has 0 aromatic carbocycles. The molecule has 1 aliphatic heterocycles. The molecule has 22 heavy (non-hydrogen) atoms. The molecule has 1 saturated heterocycles. The Balaban J connectivity index is 2.46. The van der Waals surface area contributed by atoms with Gasteiger partial charge in [-0.25, -0.2) is 0 Å². The second kappa shape index (κ2) is 5.34. The van der Waals surface area contributed by atoms with Gasteiger partial charge in [-0.3, -0.25) is 14.3 Å². The first kappa shape index (κ1) is 17.0. The molecule has 0 radical (unpaired) electrons. The molecule has 8 heteroatoms. The van der Waals surface area contributed by atoms with Crippen LogP contribution in [0.3, 0.4) is 0 Å². The molecule has 1 heterocycles. The average molecular weight is 331 g/mol. The van der Waals surface area contributed by atoms with Gasteiger partial charge >= 0.3 is 0 Å². The number of fused-ring (bicyclic) bond motifs is 1. The van der Waals surface area contributed by atoms with Crippen LogP contribution in [0, 0.1) is 22.0 Å². The Bertz CT molecular complexity index is 673. The predicted octanol–water partition coefficient (Wildman–Crippen LogP) is 2.23. The van der Waals surface area contributed by atoms with Crippen molar-refractivity contribution in [3.63, 3.8) is 0 Å². The van der Waals surface area contributed by atoms with E-state index in [4.69, 9.17) is 8.92 Å². The fourth-order valence-corrected chi connectivity index (χ4v) is 3.62. The van der Waals surface area contributed by atoms with E-state index in [1.807, 2.05) is 13.8 Å². The van der Waals surface area contributed by atoms with E-state index in [-0.39, 0.29) is 18.2 Å². The van der Waals surface area contributed by atoms with Crippen molar-refractivity contribution in [2.45, 2.75) is 39.7 Å². The molecule has 2 atom stereocenters. The van der Waals surface area contributed by atoms with E-state index < -0.39 is 26.6 Å².